The van der Waals surface area contributed by atoms with E-state index in [-0.39, 0.29) is 0 Å². The van der Waals surface area contributed by atoms with Crippen LogP contribution < -0.4 is 5.32 Å². The lowest BCUT2D eigenvalue weighted by Crippen LogP contribution is -2.25. The molecular formula is C17H29NS. The first-order valence-corrected chi connectivity index (χ1v) is 8.41. The van der Waals surface area contributed by atoms with Gasteiger partial charge in [-0.3, -0.25) is 0 Å². The number of aryl methyl sites for hydroxylation is 1. The summed E-state index contributed by atoms with van der Waals surface area (Å²) in [5.41, 5.74) is 2.86. The fourth-order valence-electron chi connectivity index (χ4n) is 2.06. The molecule has 0 aromatic heterocycles. The maximum Gasteiger partial charge on any atom is 0.0411 e. The van der Waals surface area contributed by atoms with Crippen molar-refractivity contribution in [1.82, 2.24) is 5.32 Å². The van der Waals surface area contributed by atoms with Crippen molar-refractivity contribution in [2.75, 3.05) is 12.3 Å². The summed E-state index contributed by atoms with van der Waals surface area (Å²) in [5, 5.41) is 3.60. The molecule has 0 spiro atoms. The fourth-order valence-corrected chi connectivity index (χ4v) is 3.03. The molecule has 0 saturated carbocycles. The van der Waals surface area contributed by atoms with Crippen molar-refractivity contribution in [3.05, 3.63) is 35.4 Å². The minimum atomic E-state index is 0.329. The molecule has 1 nitrogen and oxygen atoms in total. The zero-order valence-corrected chi connectivity index (χ0v) is 13.9. The fraction of sp³-hybridized carbons (Fsp3) is 0.647. The van der Waals surface area contributed by atoms with Gasteiger partial charge in [-0.25, -0.2) is 0 Å². The summed E-state index contributed by atoms with van der Waals surface area (Å²) in [6, 6.07) is 9.61. The summed E-state index contributed by atoms with van der Waals surface area (Å²) in [4.78, 5) is 0. The summed E-state index contributed by atoms with van der Waals surface area (Å²) in [6.07, 6.45) is 2.40. The molecule has 0 bridgehead atoms. The van der Waals surface area contributed by atoms with E-state index in [1.807, 2.05) is 11.8 Å². The third-order valence-corrected chi connectivity index (χ3v) is 4.42. The summed E-state index contributed by atoms with van der Waals surface area (Å²) < 4.78 is 0.329. The van der Waals surface area contributed by atoms with Crippen LogP contribution in [0.2, 0.25) is 0 Å². The molecule has 0 fully saturated rings. The molecule has 1 unspecified atom stereocenters. The van der Waals surface area contributed by atoms with Crippen molar-refractivity contribution in [2.24, 2.45) is 0 Å². The number of benzene rings is 1. The molecule has 19 heavy (non-hydrogen) atoms. The lowest BCUT2D eigenvalue weighted by Gasteiger charge is -2.24. The van der Waals surface area contributed by atoms with Gasteiger partial charge in [0.15, 0.2) is 0 Å². The highest BCUT2D eigenvalue weighted by atomic mass is 32.2. The van der Waals surface area contributed by atoms with Crippen LogP contribution in [0, 0.1) is 0 Å². The number of hydrogen-bond acceptors (Lipinski definition) is 2. The van der Waals surface area contributed by atoms with Crippen LogP contribution in [-0.2, 0) is 6.42 Å². The second kappa shape index (κ2) is 7.96. The second-order valence-corrected chi connectivity index (χ2v) is 7.87. The number of rotatable bonds is 7. The topological polar surface area (TPSA) is 12.0 Å². The zero-order chi connectivity index (χ0) is 14.3. The van der Waals surface area contributed by atoms with Gasteiger partial charge in [0, 0.05) is 16.5 Å². The van der Waals surface area contributed by atoms with Gasteiger partial charge in [-0.05, 0) is 24.1 Å². The van der Waals surface area contributed by atoms with Gasteiger partial charge in [0.25, 0.3) is 0 Å². The molecule has 0 heterocycles. The van der Waals surface area contributed by atoms with E-state index in [0.29, 0.717) is 10.8 Å². The first-order chi connectivity index (χ1) is 8.96. The van der Waals surface area contributed by atoms with E-state index in [1.165, 1.54) is 24.0 Å². The van der Waals surface area contributed by atoms with E-state index >= 15 is 0 Å². The van der Waals surface area contributed by atoms with Crippen molar-refractivity contribution in [2.45, 2.75) is 58.2 Å². The average molecular weight is 279 g/mol. The SMILES string of the molecule is CCCc1ccc(C(CSC(C)(C)C)NCC)cc1. The van der Waals surface area contributed by atoms with E-state index < -0.39 is 0 Å². The third kappa shape index (κ3) is 6.49. The molecule has 0 radical (unpaired) electrons. The maximum absolute atomic E-state index is 3.60. The molecule has 1 aromatic rings. The Morgan fingerprint density at radius 3 is 2.21 bits per heavy atom. The summed E-state index contributed by atoms with van der Waals surface area (Å²) in [6.45, 7) is 12.3. The standard InChI is InChI=1S/C17H29NS/c1-6-8-14-9-11-15(12-10-14)16(18-7-2)13-19-17(3,4)5/h9-12,16,18H,6-8,13H2,1-5H3. The highest BCUT2D eigenvalue weighted by Gasteiger charge is 2.16. The smallest absolute Gasteiger partial charge is 0.0411 e. The molecule has 0 amide bonds. The predicted octanol–water partition coefficient (Wildman–Crippen LogP) is 4.82. The number of hydrogen-bond donors (Lipinski definition) is 1. The number of nitrogens with one attached hydrogen (secondary N) is 1. The van der Waals surface area contributed by atoms with E-state index in [4.69, 9.17) is 0 Å². The summed E-state index contributed by atoms with van der Waals surface area (Å²) in [5.74, 6) is 1.13. The van der Waals surface area contributed by atoms with Gasteiger partial charge in [0.2, 0.25) is 0 Å². The van der Waals surface area contributed by atoms with Crippen LogP contribution in [0.3, 0.4) is 0 Å². The van der Waals surface area contributed by atoms with Crippen molar-refractivity contribution in [3.8, 4) is 0 Å². The highest BCUT2D eigenvalue weighted by molar-refractivity contribution is 8.00. The van der Waals surface area contributed by atoms with Crippen molar-refractivity contribution in [1.29, 1.82) is 0 Å². The van der Waals surface area contributed by atoms with Gasteiger partial charge >= 0.3 is 0 Å². The zero-order valence-electron chi connectivity index (χ0n) is 13.1. The van der Waals surface area contributed by atoms with E-state index in [0.717, 1.165) is 12.3 Å². The summed E-state index contributed by atoms with van der Waals surface area (Å²) >= 11 is 2.03. The Hall–Kier alpha value is -0.470. The Morgan fingerprint density at radius 2 is 1.74 bits per heavy atom. The van der Waals surface area contributed by atoms with Gasteiger partial charge in [-0.2, -0.15) is 11.8 Å². The average Bonchev–Trinajstić information content (AvgIpc) is 2.35. The molecule has 0 saturated heterocycles. The van der Waals surface area contributed by atoms with E-state index in [1.54, 1.807) is 0 Å². The van der Waals surface area contributed by atoms with Gasteiger partial charge in [-0.1, -0.05) is 65.3 Å². The van der Waals surface area contributed by atoms with E-state index in [2.05, 4.69) is 64.2 Å². The normalized spacial score (nSPS) is 13.5. The molecular weight excluding hydrogens is 250 g/mol. The number of thioether (sulfide) groups is 1. The largest absolute Gasteiger partial charge is 0.310 e. The highest BCUT2D eigenvalue weighted by Crippen LogP contribution is 2.28. The predicted molar refractivity (Wildman–Crippen MR) is 89.1 cm³/mol. The molecule has 1 aromatic carbocycles. The van der Waals surface area contributed by atoms with Crippen LogP contribution in [0.1, 0.15) is 58.2 Å². The minimum Gasteiger partial charge on any atom is -0.310 e. The van der Waals surface area contributed by atoms with Gasteiger partial charge in [0.1, 0.15) is 0 Å². The maximum atomic E-state index is 3.60. The third-order valence-electron chi connectivity index (χ3n) is 3.05. The molecule has 0 aliphatic heterocycles. The van der Waals surface area contributed by atoms with Crippen LogP contribution >= 0.6 is 11.8 Å². The van der Waals surface area contributed by atoms with E-state index in [9.17, 15) is 0 Å². The van der Waals surface area contributed by atoms with Crippen LogP contribution in [0.25, 0.3) is 0 Å². The van der Waals surface area contributed by atoms with Crippen molar-refractivity contribution >= 4 is 11.8 Å². The minimum absolute atomic E-state index is 0.329. The van der Waals surface area contributed by atoms with Crippen LogP contribution in [0.15, 0.2) is 24.3 Å². The molecule has 1 N–H and O–H groups in total. The molecule has 2 heteroatoms. The second-order valence-electron chi connectivity index (χ2n) is 6.03. The van der Waals surface area contributed by atoms with Gasteiger partial charge in [-0.15, -0.1) is 0 Å². The molecule has 1 atom stereocenters. The Kier molecular flexibility index (Phi) is 6.95. The molecule has 0 aliphatic rings. The molecule has 0 aliphatic carbocycles. The first-order valence-electron chi connectivity index (χ1n) is 7.42. The van der Waals surface area contributed by atoms with Crippen LogP contribution in [0.4, 0.5) is 0 Å². The quantitative estimate of drug-likeness (QED) is 0.768. The Balaban J connectivity index is 2.69. The van der Waals surface area contributed by atoms with Crippen LogP contribution in [0.5, 0.6) is 0 Å². The lowest BCUT2D eigenvalue weighted by molar-refractivity contribution is 0.603. The first kappa shape index (κ1) is 16.6. The van der Waals surface area contributed by atoms with Crippen molar-refractivity contribution < 1.29 is 0 Å². The van der Waals surface area contributed by atoms with Crippen molar-refractivity contribution in [3.63, 3.8) is 0 Å². The van der Waals surface area contributed by atoms with Crippen LogP contribution in [-0.4, -0.2) is 17.0 Å². The molecule has 1 rings (SSSR count). The van der Waals surface area contributed by atoms with Gasteiger partial charge in [0.05, 0.1) is 0 Å². The Morgan fingerprint density at radius 1 is 1.11 bits per heavy atom. The Bertz CT molecular complexity index is 351. The monoisotopic (exact) mass is 279 g/mol. The summed E-state index contributed by atoms with van der Waals surface area (Å²) in [7, 11) is 0. The van der Waals surface area contributed by atoms with Gasteiger partial charge < -0.3 is 5.32 Å². The molecule has 108 valence electrons. The lowest BCUT2D eigenvalue weighted by atomic mass is 10.0. The Labute approximate surface area is 123 Å².